The molecule has 30 heavy (non-hydrogen) atoms. The molecule has 1 N–H and O–H groups in total. The predicted octanol–water partition coefficient (Wildman–Crippen LogP) is 6.03. The van der Waals surface area contributed by atoms with E-state index in [0.29, 0.717) is 0 Å². The van der Waals surface area contributed by atoms with Crippen LogP contribution in [0.3, 0.4) is 0 Å². The summed E-state index contributed by atoms with van der Waals surface area (Å²) in [6.07, 6.45) is 0.983. The molecular formula is C23H24N4OS2. The number of hydrogen-bond acceptors (Lipinski definition) is 5. The number of thioether (sulfide) groups is 1. The zero-order chi connectivity index (χ0) is 21.1. The van der Waals surface area contributed by atoms with Gasteiger partial charge in [0.25, 0.3) is 0 Å². The summed E-state index contributed by atoms with van der Waals surface area (Å²) in [6.45, 7) is 6.34. The van der Waals surface area contributed by atoms with Crippen molar-refractivity contribution in [3.05, 3.63) is 59.5 Å². The minimum absolute atomic E-state index is 0.0508. The fourth-order valence-electron chi connectivity index (χ4n) is 3.33. The highest BCUT2D eigenvalue weighted by molar-refractivity contribution is 7.99. The molecule has 154 valence electrons. The lowest BCUT2D eigenvalue weighted by atomic mass is 10.1. The van der Waals surface area contributed by atoms with Crippen LogP contribution in [0, 0.1) is 0 Å². The Bertz CT molecular complexity index is 1160. The second-order valence-electron chi connectivity index (χ2n) is 7.30. The summed E-state index contributed by atoms with van der Waals surface area (Å²) in [5, 5.41) is 15.9. The Labute approximate surface area is 184 Å². The van der Waals surface area contributed by atoms with E-state index in [9.17, 15) is 4.79 Å². The summed E-state index contributed by atoms with van der Waals surface area (Å²) in [5.74, 6) is 1.08. The minimum Gasteiger partial charge on any atom is -0.325 e. The summed E-state index contributed by atoms with van der Waals surface area (Å²) in [6, 6.07) is 16.5. The monoisotopic (exact) mass is 436 g/mol. The Morgan fingerprint density at radius 3 is 2.63 bits per heavy atom. The minimum atomic E-state index is -0.0508. The molecule has 0 spiro atoms. The number of aryl methyl sites for hydroxylation is 1. The number of aromatic nitrogens is 3. The van der Waals surface area contributed by atoms with Crippen LogP contribution in [0.1, 0.15) is 32.4 Å². The second-order valence-corrected chi connectivity index (χ2v) is 9.16. The first-order chi connectivity index (χ1) is 14.6. The van der Waals surface area contributed by atoms with E-state index in [-0.39, 0.29) is 17.7 Å². The summed E-state index contributed by atoms with van der Waals surface area (Å²) >= 11 is 3.12. The van der Waals surface area contributed by atoms with E-state index in [2.05, 4.69) is 58.4 Å². The van der Waals surface area contributed by atoms with Gasteiger partial charge in [0.1, 0.15) is 0 Å². The topological polar surface area (TPSA) is 59.8 Å². The van der Waals surface area contributed by atoms with Gasteiger partial charge in [-0.2, -0.15) is 0 Å². The molecule has 0 atom stereocenters. The zero-order valence-electron chi connectivity index (χ0n) is 17.3. The summed E-state index contributed by atoms with van der Waals surface area (Å²) in [4.78, 5) is 12.4. The van der Waals surface area contributed by atoms with Crippen molar-refractivity contribution in [2.75, 3.05) is 11.1 Å². The van der Waals surface area contributed by atoms with Crippen molar-refractivity contribution in [2.24, 2.45) is 0 Å². The van der Waals surface area contributed by atoms with Gasteiger partial charge in [-0.1, -0.05) is 49.0 Å². The number of thiophene rings is 1. The average molecular weight is 437 g/mol. The Morgan fingerprint density at radius 1 is 1.13 bits per heavy atom. The van der Waals surface area contributed by atoms with E-state index in [0.717, 1.165) is 28.7 Å². The Balaban J connectivity index is 1.51. The van der Waals surface area contributed by atoms with Crippen LogP contribution in [-0.2, 0) is 11.2 Å². The molecule has 4 aromatic rings. The van der Waals surface area contributed by atoms with Crippen LogP contribution >= 0.6 is 23.1 Å². The number of carbonyl (C=O) groups excluding carboxylic acids is 1. The fraction of sp³-hybridized carbons (Fsp3) is 0.261. The third-order valence-corrected chi connectivity index (χ3v) is 6.79. The van der Waals surface area contributed by atoms with Crippen LogP contribution in [0.2, 0.25) is 0 Å². The first-order valence-corrected chi connectivity index (χ1v) is 11.9. The van der Waals surface area contributed by atoms with Gasteiger partial charge in [-0.05, 0) is 44.0 Å². The highest BCUT2D eigenvalue weighted by Gasteiger charge is 2.20. The normalized spacial score (nSPS) is 11.3. The molecule has 0 fully saturated rings. The maximum Gasteiger partial charge on any atom is 0.234 e. The van der Waals surface area contributed by atoms with Crippen molar-refractivity contribution in [1.29, 1.82) is 0 Å². The van der Waals surface area contributed by atoms with Gasteiger partial charge in [-0.15, -0.1) is 21.5 Å². The molecule has 5 nitrogen and oxygen atoms in total. The lowest BCUT2D eigenvalue weighted by Gasteiger charge is -2.13. The van der Waals surface area contributed by atoms with E-state index < -0.39 is 0 Å². The van der Waals surface area contributed by atoms with E-state index in [1.54, 1.807) is 11.3 Å². The van der Waals surface area contributed by atoms with Gasteiger partial charge in [0, 0.05) is 32.8 Å². The Hall–Kier alpha value is -2.64. The number of carbonyl (C=O) groups is 1. The quantitative estimate of drug-likeness (QED) is 0.359. The summed E-state index contributed by atoms with van der Waals surface area (Å²) in [7, 11) is 0. The van der Waals surface area contributed by atoms with E-state index in [4.69, 9.17) is 0 Å². The number of benzene rings is 2. The van der Waals surface area contributed by atoms with Gasteiger partial charge >= 0.3 is 0 Å². The number of anilines is 1. The Morgan fingerprint density at radius 2 is 1.90 bits per heavy atom. The third-order valence-electron chi connectivity index (χ3n) is 4.88. The molecule has 0 bridgehead atoms. The van der Waals surface area contributed by atoms with Crippen molar-refractivity contribution in [3.63, 3.8) is 0 Å². The van der Waals surface area contributed by atoms with Crippen LogP contribution in [0.5, 0.6) is 0 Å². The molecule has 0 saturated heterocycles. The maximum absolute atomic E-state index is 12.4. The molecule has 1 amide bonds. The largest absolute Gasteiger partial charge is 0.325 e. The molecule has 0 aliphatic carbocycles. The SMILES string of the molecule is CCc1ccc(NC(=O)CSc2nnc(-c3csc4ccccc34)n2C(C)C)cc1. The number of rotatable bonds is 7. The number of hydrogen-bond donors (Lipinski definition) is 1. The lowest BCUT2D eigenvalue weighted by Crippen LogP contribution is -2.15. The van der Waals surface area contributed by atoms with Crippen LogP contribution in [0.15, 0.2) is 59.1 Å². The van der Waals surface area contributed by atoms with Gasteiger partial charge in [-0.3, -0.25) is 9.36 Å². The van der Waals surface area contributed by atoms with Crippen LogP contribution < -0.4 is 5.32 Å². The fourth-order valence-corrected chi connectivity index (χ4v) is 5.13. The molecule has 7 heteroatoms. The molecule has 0 radical (unpaired) electrons. The molecule has 0 unspecified atom stereocenters. The smallest absolute Gasteiger partial charge is 0.234 e. The number of fused-ring (bicyclic) bond motifs is 1. The van der Waals surface area contributed by atoms with Crippen molar-refractivity contribution in [1.82, 2.24) is 14.8 Å². The summed E-state index contributed by atoms with van der Waals surface area (Å²) in [5.41, 5.74) is 3.15. The lowest BCUT2D eigenvalue weighted by molar-refractivity contribution is -0.113. The standard InChI is InChI=1S/C23H24N4OS2/c1-4-16-9-11-17(12-10-16)24-21(28)14-30-23-26-25-22(27(23)15(2)3)19-13-29-20-8-6-5-7-18(19)20/h5-13,15H,4,14H2,1-3H3,(H,24,28). The highest BCUT2D eigenvalue weighted by Crippen LogP contribution is 2.35. The van der Waals surface area contributed by atoms with Gasteiger partial charge in [-0.25, -0.2) is 0 Å². The van der Waals surface area contributed by atoms with Crippen LogP contribution in [0.25, 0.3) is 21.5 Å². The first-order valence-electron chi connectivity index (χ1n) is 10.00. The molecule has 0 aliphatic rings. The van der Waals surface area contributed by atoms with Crippen molar-refractivity contribution in [2.45, 2.75) is 38.4 Å². The zero-order valence-corrected chi connectivity index (χ0v) is 18.9. The van der Waals surface area contributed by atoms with Crippen LogP contribution in [-0.4, -0.2) is 26.4 Å². The molecule has 4 rings (SSSR count). The molecule has 2 aromatic carbocycles. The Kier molecular flexibility index (Phi) is 6.20. The third kappa shape index (κ3) is 4.27. The van der Waals surface area contributed by atoms with Gasteiger partial charge in [0.2, 0.25) is 5.91 Å². The molecule has 2 aromatic heterocycles. The van der Waals surface area contributed by atoms with Crippen molar-refractivity contribution >= 4 is 44.8 Å². The van der Waals surface area contributed by atoms with Crippen molar-refractivity contribution < 1.29 is 4.79 Å². The van der Waals surface area contributed by atoms with E-state index in [1.165, 1.54) is 27.4 Å². The summed E-state index contributed by atoms with van der Waals surface area (Å²) < 4.78 is 3.34. The van der Waals surface area contributed by atoms with Crippen LogP contribution in [0.4, 0.5) is 5.69 Å². The predicted molar refractivity (Wildman–Crippen MR) is 126 cm³/mol. The maximum atomic E-state index is 12.4. The van der Waals surface area contributed by atoms with Gasteiger partial charge < -0.3 is 5.32 Å². The van der Waals surface area contributed by atoms with Gasteiger partial charge in [0.15, 0.2) is 11.0 Å². The number of nitrogens with zero attached hydrogens (tertiary/aromatic N) is 3. The van der Waals surface area contributed by atoms with E-state index >= 15 is 0 Å². The molecule has 0 aliphatic heterocycles. The average Bonchev–Trinajstić information content (AvgIpc) is 3.36. The highest BCUT2D eigenvalue weighted by atomic mass is 32.2. The first kappa shape index (κ1) is 20.6. The van der Waals surface area contributed by atoms with Gasteiger partial charge in [0.05, 0.1) is 5.75 Å². The molecular weight excluding hydrogens is 412 g/mol. The second kappa shape index (κ2) is 9.02. The molecule has 0 saturated carbocycles. The number of amides is 1. The van der Waals surface area contributed by atoms with Crippen molar-refractivity contribution in [3.8, 4) is 11.4 Å². The number of nitrogens with one attached hydrogen (secondary N) is 1. The molecule has 2 heterocycles. The van der Waals surface area contributed by atoms with E-state index in [1.807, 2.05) is 36.4 Å².